The SMILES string of the molecule is Cc1cc(F)cc(C(=O)Nc2ncccc2Cl)c1. The molecule has 0 aliphatic rings. The molecule has 1 heterocycles. The van der Waals surface area contributed by atoms with Crippen molar-refractivity contribution < 1.29 is 9.18 Å². The highest BCUT2D eigenvalue weighted by molar-refractivity contribution is 6.33. The fraction of sp³-hybridized carbons (Fsp3) is 0.0769. The normalized spacial score (nSPS) is 10.2. The Morgan fingerprint density at radius 3 is 2.83 bits per heavy atom. The Morgan fingerprint density at radius 2 is 2.17 bits per heavy atom. The van der Waals surface area contributed by atoms with Gasteiger partial charge in [-0.3, -0.25) is 4.79 Å². The second-order valence-corrected chi connectivity index (χ2v) is 4.21. The number of aryl methyl sites for hydroxylation is 1. The summed E-state index contributed by atoms with van der Waals surface area (Å²) in [4.78, 5) is 15.8. The zero-order valence-electron chi connectivity index (χ0n) is 9.58. The number of carbonyl (C=O) groups is 1. The molecule has 5 heteroatoms. The van der Waals surface area contributed by atoms with Gasteiger partial charge in [0.15, 0.2) is 5.82 Å². The van der Waals surface area contributed by atoms with Gasteiger partial charge in [-0.25, -0.2) is 9.37 Å². The van der Waals surface area contributed by atoms with Crippen molar-refractivity contribution in [2.24, 2.45) is 0 Å². The van der Waals surface area contributed by atoms with Crippen LogP contribution >= 0.6 is 11.6 Å². The highest BCUT2D eigenvalue weighted by Gasteiger charge is 2.10. The molecule has 0 unspecified atom stereocenters. The summed E-state index contributed by atoms with van der Waals surface area (Å²) in [5.74, 6) is -0.642. The number of nitrogens with one attached hydrogen (secondary N) is 1. The van der Waals surface area contributed by atoms with Crippen LogP contribution in [0.15, 0.2) is 36.5 Å². The van der Waals surface area contributed by atoms with Crippen molar-refractivity contribution in [1.82, 2.24) is 4.98 Å². The lowest BCUT2D eigenvalue weighted by atomic mass is 10.1. The van der Waals surface area contributed by atoms with Crippen LogP contribution in [0, 0.1) is 12.7 Å². The Labute approximate surface area is 109 Å². The number of benzene rings is 1. The minimum Gasteiger partial charge on any atom is -0.305 e. The van der Waals surface area contributed by atoms with Gasteiger partial charge in [0.2, 0.25) is 0 Å². The Morgan fingerprint density at radius 1 is 1.39 bits per heavy atom. The third kappa shape index (κ3) is 2.84. The zero-order chi connectivity index (χ0) is 13.1. The molecule has 0 saturated carbocycles. The molecule has 0 fully saturated rings. The summed E-state index contributed by atoms with van der Waals surface area (Å²) in [7, 11) is 0. The number of aromatic nitrogens is 1. The highest BCUT2D eigenvalue weighted by atomic mass is 35.5. The molecule has 0 aliphatic carbocycles. The second-order valence-electron chi connectivity index (χ2n) is 3.81. The van der Waals surface area contributed by atoms with Gasteiger partial charge in [-0.15, -0.1) is 0 Å². The van der Waals surface area contributed by atoms with Crippen molar-refractivity contribution in [3.8, 4) is 0 Å². The van der Waals surface area contributed by atoms with Gasteiger partial charge < -0.3 is 5.32 Å². The number of amides is 1. The van der Waals surface area contributed by atoms with Crippen molar-refractivity contribution >= 4 is 23.3 Å². The number of rotatable bonds is 2. The lowest BCUT2D eigenvalue weighted by Gasteiger charge is -2.06. The van der Waals surface area contributed by atoms with E-state index in [1.807, 2.05) is 0 Å². The van der Waals surface area contributed by atoms with Crippen LogP contribution < -0.4 is 5.32 Å². The fourth-order valence-electron chi connectivity index (χ4n) is 1.52. The summed E-state index contributed by atoms with van der Waals surface area (Å²) in [6.07, 6.45) is 1.51. The molecular weight excluding hydrogens is 255 g/mol. The van der Waals surface area contributed by atoms with Gasteiger partial charge in [0, 0.05) is 11.8 Å². The van der Waals surface area contributed by atoms with E-state index in [9.17, 15) is 9.18 Å². The summed E-state index contributed by atoms with van der Waals surface area (Å²) >= 11 is 5.87. The molecule has 1 aromatic carbocycles. The molecule has 2 rings (SSSR count). The smallest absolute Gasteiger partial charge is 0.256 e. The maximum Gasteiger partial charge on any atom is 0.256 e. The summed E-state index contributed by atoms with van der Waals surface area (Å²) in [5, 5.41) is 2.86. The first-order chi connectivity index (χ1) is 8.56. The van der Waals surface area contributed by atoms with Crippen molar-refractivity contribution in [3.63, 3.8) is 0 Å². The predicted octanol–water partition coefficient (Wildman–Crippen LogP) is 3.43. The maximum absolute atomic E-state index is 13.2. The second kappa shape index (κ2) is 5.14. The van der Waals surface area contributed by atoms with Crippen LogP contribution in [0.5, 0.6) is 0 Å². The predicted molar refractivity (Wildman–Crippen MR) is 68.3 cm³/mol. The first-order valence-corrected chi connectivity index (χ1v) is 5.63. The molecule has 92 valence electrons. The van der Waals surface area contributed by atoms with E-state index in [-0.39, 0.29) is 11.4 Å². The average molecular weight is 265 g/mol. The topological polar surface area (TPSA) is 42.0 Å². The number of carbonyl (C=O) groups excluding carboxylic acids is 1. The minimum absolute atomic E-state index is 0.231. The number of anilines is 1. The fourth-order valence-corrected chi connectivity index (χ4v) is 1.69. The van der Waals surface area contributed by atoms with Crippen LogP contribution in [-0.4, -0.2) is 10.9 Å². The van der Waals surface area contributed by atoms with Crippen molar-refractivity contribution in [2.45, 2.75) is 6.92 Å². The van der Waals surface area contributed by atoms with E-state index in [1.54, 1.807) is 25.1 Å². The Hall–Kier alpha value is -1.94. The molecule has 0 atom stereocenters. The zero-order valence-corrected chi connectivity index (χ0v) is 10.3. The summed E-state index contributed by atoms with van der Waals surface area (Å²) in [6.45, 7) is 1.72. The molecule has 0 saturated heterocycles. The van der Waals surface area contributed by atoms with Crippen LogP contribution in [0.4, 0.5) is 10.2 Å². The van der Waals surface area contributed by atoms with E-state index >= 15 is 0 Å². The van der Waals surface area contributed by atoms with Gasteiger partial charge in [-0.1, -0.05) is 11.6 Å². The Kier molecular flexibility index (Phi) is 3.58. The van der Waals surface area contributed by atoms with E-state index in [4.69, 9.17) is 11.6 Å². The van der Waals surface area contributed by atoms with Gasteiger partial charge in [0.1, 0.15) is 5.82 Å². The summed E-state index contributed by atoms with van der Waals surface area (Å²) in [6, 6.07) is 7.38. The third-order valence-electron chi connectivity index (χ3n) is 2.29. The van der Waals surface area contributed by atoms with E-state index in [2.05, 4.69) is 10.3 Å². The first kappa shape index (κ1) is 12.5. The van der Waals surface area contributed by atoms with Crippen molar-refractivity contribution in [2.75, 3.05) is 5.32 Å². The lowest BCUT2D eigenvalue weighted by Crippen LogP contribution is -2.13. The molecule has 18 heavy (non-hydrogen) atoms. The van der Waals surface area contributed by atoms with Gasteiger partial charge in [0.05, 0.1) is 5.02 Å². The molecule has 0 radical (unpaired) electrons. The number of halogens is 2. The van der Waals surface area contributed by atoms with Crippen LogP contribution in [0.2, 0.25) is 5.02 Å². The Balaban J connectivity index is 2.25. The van der Waals surface area contributed by atoms with Gasteiger partial charge in [-0.2, -0.15) is 0 Å². The van der Waals surface area contributed by atoms with E-state index in [0.717, 1.165) is 0 Å². The number of nitrogens with zero attached hydrogens (tertiary/aromatic N) is 1. The average Bonchev–Trinajstić information content (AvgIpc) is 2.31. The molecular formula is C13H10ClFN2O. The highest BCUT2D eigenvalue weighted by Crippen LogP contribution is 2.18. The monoisotopic (exact) mass is 264 g/mol. The molecule has 1 amide bonds. The lowest BCUT2D eigenvalue weighted by molar-refractivity contribution is 0.102. The molecule has 0 aliphatic heterocycles. The summed E-state index contributed by atoms with van der Waals surface area (Å²) < 4.78 is 13.2. The minimum atomic E-state index is -0.452. The Bertz CT molecular complexity index is 581. The standard InChI is InChI=1S/C13H10ClFN2O/c1-8-5-9(7-10(15)6-8)13(18)17-12-11(14)3-2-4-16-12/h2-7H,1H3,(H,16,17,18). The molecule has 2 aromatic rings. The van der Waals surface area contributed by atoms with Gasteiger partial charge >= 0.3 is 0 Å². The van der Waals surface area contributed by atoms with Gasteiger partial charge in [-0.05, 0) is 42.8 Å². The molecule has 0 bridgehead atoms. The van der Waals surface area contributed by atoms with Gasteiger partial charge in [0.25, 0.3) is 5.91 Å². The van der Waals surface area contributed by atoms with Crippen molar-refractivity contribution in [3.05, 3.63) is 58.5 Å². The number of hydrogen-bond acceptors (Lipinski definition) is 2. The molecule has 1 aromatic heterocycles. The number of hydrogen-bond donors (Lipinski definition) is 1. The van der Waals surface area contributed by atoms with Crippen LogP contribution in [0.3, 0.4) is 0 Å². The van der Waals surface area contributed by atoms with E-state index in [0.29, 0.717) is 10.6 Å². The molecule has 3 nitrogen and oxygen atoms in total. The maximum atomic E-state index is 13.2. The quantitative estimate of drug-likeness (QED) is 0.903. The first-order valence-electron chi connectivity index (χ1n) is 5.25. The van der Waals surface area contributed by atoms with Crippen LogP contribution in [-0.2, 0) is 0 Å². The number of pyridine rings is 1. The van der Waals surface area contributed by atoms with Crippen LogP contribution in [0.1, 0.15) is 15.9 Å². The van der Waals surface area contributed by atoms with Crippen molar-refractivity contribution in [1.29, 1.82) is 0 Å². The summed E-state index contributed by atoms with van der Waals surface area (Å²) in [5.41, 5.74) is 0.904. The molecule has 0 spiro atoms. The van der Waals surface area contributed by atoms with E-state index in [1.165, 1.54) is 18.3 Å². The molecule has 1 N–H and O–H groups in total. The third-order valence-corrected chi connectivity index (χ3v) is 2.60. The van der Waals surface area contributed by atoms with Crippen LogP contribution in [0.25, 0.3) is 0 Å². The van der Waals surface area contributed by atoms with E-state index < -0.39 is 11.7 Å². The largest absolute Gasteiger partial charge is 0.305 e.